The Morgan fingerprint density at radius 2 is 2.17 bits per heavy atom. The quantitative estimate of drug-likeness (QED) is 0.905. The minimum atomic E-state index is 0.173. The van der Waals surface area contributed by atoms with E-state index in [1.165, 1.54) is 11.3 Å². The molecule has 2 aromatic rings. The summed E-state index contributed by atoms with van der Waals surface area (Å²) in [6.07, 6.45) is 0. The fourth-order valence-electron chi connectivity index (χ4n) is 1.40. The Balaban J connectivity index is 2.21. The zero-order valence-electron chi connectivity index (χ0n) is 10.1. The lowest BCUT2D eigenvalue weighted by Crippen LogP contribution is -2.21. The minimum Gasteiger partial charge on any atom is -0.508 e. The van der Waals surface area contributed by atoms with Crippen LogP contribution < -0.4 is 5.32 Å². The van der Waals surface area contributed by atoms with Gasteiger partial charge < -0.3 is 10.4 Å². The molecule has 0 fully saturated rings. The van der Waals surface area contributed by atoms with Crippen molar-refractivity contribution < 1.29 is 5.11 Å². The summed E-state index contributed by atoms with van der Waals surface area (Å²) in [6, 6.07) is 5.21. The summed E-state index contributed by atoms with van der Waals surface area (Å²) in [6.45, 7) is 4.84. The van der Waals surface area contributed by atoms with Gasteiger partial charge in [0.2, 0.25) is 0 Å². The maximum absolute atomic E-state index is 9.47. The first kappa shape index (κ1) is 13.3. The number of rotatable bonds is 4. The van der Waals surface area contributed by atoms with Gasteiger partial charge in [0.25, 0.3) is 0 Å². The summed E-state index contributed by atoms with van der Waals surface area (Å²) < 4.78 is 0. The summed E-state index contributed by atoms with van der Waals surface area (Å²) in [4.78, 5) is 0. The summed E-state index contributed by atoms with van der Waals surface area (Å²) in [7, 11) is 0. The predicted molar refractivity (Wildman–Crippen MR) is 74.0 cm³/mol. The molecule has 1 heterocycles. The minimum absolute atomic E-state index is 0.173. The van der Waals surface area contributed by atoms with Crippen LogP contribution in [0.4, 0.5) is 0 Å². The van der Waals surface area contributed by atoms with Crippen molar-refractivity contribution in [3.8, 4) is 16.3 Å². The Hall–Kier alpha value is -1.17. The molecule has 0 bridgehead atoms. The first-order valence-corrected chi connectivity index (χ1v) is 6.80. The largest absolute Gasteiger partial charge is 0.508 e. The molecule has 96 valence electrons. The Morgan fingerprint density at radius 3 is 2.89 bits per heavy atom. The lowest BCUT2D eigenvalue weighted by atomic mass is 10.2. The molecule has 1 aromatic heterocycles. The van der Waals surface area contributed by atoms with Crippen molar-refractivity contribution in [3.05, 3.63) is 28.2 Å². The van der Waals surface area contributed by atoms with Gasteiger partial charge in [-0.25, -0.2) is 0 Å². The molecule has 0 amide bonds. The number of aromatic hydroxyl groups is 1. The molecule has 0 aliphatic rings. The maximum atomic E-state index is 9.47. The van der Waals surface area contributed by atoms with E-state index in [2.05, 4.69) is 29.4 Å². The smallest absolute Gasteiger partial charge is 0.149 e. The second-order valence-electron chi connectivity index (χ2n) is 4.20. The molecule has 0 saturated heterocycles. The normalized spacial score (nSPS) is 11.1. The second kappa shape index (κ2) is 5.65. The number of nitrogens with one attached hydrogen (secondary N) is 1. The van der Waals surface area contributed by atoms with Crippen LogP contribution in [0.1, 0.15) is 18.9 Å². The number of hydrogen-bond acceptors (Lipinski definition) is 5. The van der Waals surface area contributed by atoms with E-state index in [-0.39, 0.29) is 5.75 Å². The van der Waals surface area contributed by atoms with E-state index in [9.17, 15) is 5.11 Å². The molecule has 2 N–H and O–H groups in total. The number of phenols is 1. The van der Waals surface area contributed by atoms with E-state index in [4.69, 9.17) is 11.6 Å². The van der Waals surface area contributed by atoms with Gasteiger partial charge in [-0.3, -0.25) is 0 Å². The van der Waals surface area contributed by atoms with Crippen LogP contribution >= 0.6 is 22.9 Å². The van der Waals surface area contributed by atoms with Crippen LogP contribution in [0, 0.1) is 0 Å². The third kappa shape index (κ3) is 3.19. The fourth-order valence-corrected chi connectivity index (χ4v) is 2.49. The fraction of sp³-hybridized carbons (Fsp3) is 0.333. The van der Waals surface area contributed by atoms with Crippen LogP contribution in [0.3, 0.4) is 0 Å². The maximum Gasteiger partial charge on any atom is 0.149 e. The van der Waals surface area contributed by atoms with Crippen molar-refractivity contribution in [2.24, 2.45) is 0 Å². The van der Waals surface area contributed by atoms with Crippen molar-refractivity contribution >= 4 is 22.9 Å². The van der Waals surface area contributed by atoms with Crippen LogP contribution in [0.2, 0.25) is 5.02 Å². The van der Waals surface area contributed by atoms with Gasteiger partial charge in [-0.1, -0.05) is 36.8 Å². The van der Waals surface area contributed by atoms with E-state index >= 15 is 0 Å². The SMILES string of the molecule is CC(C)NCc1nnc(-c2cc(O)ccc2Cl)s1. The van der Waals surface area contributed by atoms with Gasteiger partial charge >= 0.3 is 0 Å². The Labute approximate surface area is 115 Å². The highest BCUT2D eigenvalue weighted by Gasteiger charge is 2.11. The first-order chi connectivity index (χ1) is 8.56. The van der Waals surface area contributed by atoms with Crippen molar-refractivity contribution in [2.75, 3.05) is 0 Å². The second-order valence-corrected chi connectivity index (χ2v) is 5.67. The predicted octanol–water partition coefficient (Wildman–Crippen LogP) is 3.06. The molecule has 18 heavy (non-hydrogen) atoms. The standard InChI is InChI=1S/C12H14ClN3OS/c1-7(2)14-6-11-15-16-12(18-11)9-5-8(17)3-4-10(9)13/h3-5,7,14,17H,6H2,1-2H3. The first-order valence-electron chi connectivity index (χ1n) is 5.61. The van der Waals surface area contributed by atoms with Gasteiger partial charge in [0.15, 0.2) is 0 Å². The average molecular weight is 284 g/mol. The number of halogens is 1. The summed E-state index contributed by atoms with van der Waals surface area (Å²) in [5.74, 6) is 0.173. The van der Waals surface area contributed by atoms with E-state index in [1.807, 2.05) is 0 Å². The molecule has 0 atom stereocenters. The number of phenolic OH excluding ortho intramolecular Hbond substituents is 1. The average Bonchev–Trinajstić information content (AvgIpc) is 2.78. The van der Waals surface area contributed by atoms with Crippen LogP contribution in [0.5, 0.6) is 5.75 Å². The van der Waals surface area contributed by atoms with Crippen molar-refractivity contribution in [2.45, 2.75) is 26.4 Å². The van der Waals surface area contributed by atoms with E-state index in [0.717, 1.165) is 10.0 Å². The van der Waals surface area contributed by atoms with Gasteiger partial charge in [-0.15, -0.1) is 10.2 Å². The van der Waals surface area contributed by atoms with Crippen LogP contribution in [0.25, 0.3) is 10.6 Å². The van der Waals surface area contributed by atoms with E-state index in [1.54, 1.807) is 18.2 Å². The molecule has 0 saturated carbocycles. The van der Waals surface area contributed by atoms with Gasteiger partial charge in [-0.2, -0.15) is 0 Å². The molecule has 0 aliphatic heterocycles. The molecule has 1 aromatic carbocycles. The lowest BCUT2D eigenvalue weighted by Gasteiger charge is -2.03. The third-order valence-electron chi connectivity index (χ3n) is 2.31. The molecular formula is C12H14ClN3OS. The highest BCUT2D eigenvalue weighted by molar-refractivity contribution is 7.14. The highest BCUT2D eigenvalue weighted by Crippen LogP contribution is 2.32. The zero-order chi connectivity index (χ0) is 13.1. The lowest BCUT2D eigenvalue weighted by molar-refractivity contribution is 0.475. The van der Waals surface area contributed by atoms with Crippen molar-refractivity contribution in [1.29, 1.82) is 0 Å². The van der Waals surface area contributed by atoms with Gasteiger partial charge in [0, 0.05) is 18.2 Å². The van der Waals surface area contributed by atoms with Gasteiger partial charge in [0.1, 0.15) is 15.8 Å². The Bertz CT molecular complexity index is 542. The molecule has 4 nitrogen and oxygen atoms in total. The number of nitrogens with zero attached hydrogens (tertiary/aromatic N) is 2. The Kier molecular flexibility index (Phi) is 4.16. The number of aromatic nitrogens is 2. The molecule has 0 aliphatic carbocycles. The van der Waals surface area contributed by atoms with Crippen LogP contribution in [-0.4, -0.2) is 21.3 Å². The van der Waals surface area contributed by atoms with E-state index in [0.29, 0.717) is 23.2 Å². The molecular weight excluding hydrogens is 270 g/mol. The van der Waals surface area contributed by atoms with Crippen LogP contribution in [-0.2, 0) is 6.54 Å². The van der Waals surface area contributed by atoms with Gasteiger partial charge in [-0.05, 0) is 18.2 Å². The van der Waals surface area contributed by atoms with Gasteiger partial charge in [0.05, 0.1) is 5.02 Å². The molecule has 0 unspecified atom stereocenters. The molecule has 6 heteroatoms. The monoisotopic (exact) mass is 283 g/mol. The summed E-state index contributed by atoms with van der Waals surface area (Å²) in [5.41, 5.74) is 0.713. The molecule has 2 rings (SSSR count). The molecule has 0 radical (unpaired) electrons. The van der Waals surface area contributed by atoms with Crippen LogP contribution in [0.15, 0.2) is 18.2 Å². The van der Waals surface area contributed by atoms with Crippen molar-refractivity contribution in [1.82, 2.24) is 15.5 Å². The number of benzene rings is 1. The molecule has 0 spiro atoms. The topological polar surface area (TPSA) is 58.0 Å². The third-order valence-corrected chi connectivity index (χ3v) is 3.59. The number of hydrogen-bond donors (Lipinski definition) is 2. The Morgan fingerprint density at radius 1 is 1.39 bits per heavy atom. The highest BCUT2D eigenvalue weighted by atomic mass is 35.5. The summed E-state index contributed by atoms with van der Waals surface area (Å²) >= 11 is 7.55. The van der Waals surface area contributed by atoms with Crippen molar-refractivity contribution in [3.63, 3.8) is 0 Å². The summed E-state index contributed by atoms with van der Waals surface area (Å²) in [5, 5.41) is 23.1. The van der Waals surface area contributed by atoms with E-state index < -0.39 is 0 Å². The zero-order valence-corrected chi connectivity index (χ0v) is 11.7.